The first kappa shape index (κ1) is 18.5. The van der Waals surface area contributed by atoms with E-state index in [1.165, 1.54) is 12.3 Å². The van der Waals surface area contributed by atoms with E-state index in [-0.39, 0.29) is 37.3 Å². The number of amides is 2. The highest BCUT2D eigenvalue weighted by Gasteiger charge is 2.23. The lowest BCUT2D eigenvalue weighted by atomic mass is 10.0. The van der Waals surface area contributed by atoms with Gasteiger partial charge in [-0.15, -0.1) is 0 Å². The van der Waals surface area contributed by atoms with E-state index >= 15 is 0 Å². The standard InChI is InChI=1S/C19H20N2O6/c22-17(21-14-8-11-26-15-5-2-1-4-13(14)15)12-27-18(23)7-9-20-19(24)16-6-3-10-25-16/h1-6,10,14H,7-9,11-12H2,(H,20,24)(H,21,22). The van der Waals surface area contributed by atoms with Gasteiger partial charge in [-0.25, -0.2) is 0 Å². The molecule has 0 saturated heterocycles. The Hall–Kier alpha value is -3.29. The zero-order valence-electron chi connectivity index (χ0n) is 14.6. The molecule has 0 spiro atoms. The molecule has 8 heteroatoms. The van der Waals surface area contributed by atoms with Gasteiger partial charge in [-0.3, -0.25) is 14.4 Å². The topological polar surface area (TPSA) is 107 Å². The second-order valence-electron chi connectivity index (χ2n) is 5.94. The molecule has 2 amide bonds. The van der Waals surface area contributed by atoms with E-state index < -0.39 is 11.9 Å². The van der Waals surface area contributed by atoms with E-state index in [0.717, 1.165) is 11.3 Å². The fraction of sp³-hybridized carbons (Fsp3) is 0.316. The van der Waals surface area contributed by atoms with E-state index in [9.17, 15) is 14.4 Å². The summed E-state index contributed by atoms with van der Waals surface area (Å²) in [6, 6.07) is 10.4. The van der Waals surface area contributed by atoms with E-state index in [1.54, 1.807) is 6.07 Å². The van der Waals surface area contributed by atoms with Gasteiger partial charge in [0.2, 0.25) is 0 Å². The van der Waals surface area contributed by atoms with Gasteiger partial charge in [0.15, 0.2) is 12.4 Å². The van der Waals surface area contributed by atoms with Crippen LogP contribution in [0.15, 0.2) is 47.1 Å². The molecule has 8 nitrogen and oxygen atoms in total. The van der Waals surface area contributed by atoms with Crippen LogP contribution in [-0.4, -0.2) is 37.5 Å². The van der Waals surface area contributed by atoms with Crippen LogP contribution in [0.5, 0.6) is 5.75 Å². The summed E-state index contributed by atoms with van der Waals surface area (Å²) < 4.78 is 15.4. The number of furan rings is 1. The Morgan fingerprint density at radius 2 is 2.00 bits per heavy atom. The lowest BCUT2D eigenvalue weighted by Crippen LogP contribution is -2.35. The summed E-state index contributed by atoms with van der Waals surface area (Å²) in [5.41, 5.74) is 0.907. The maximum Gasteiger partial charge on any atom is 0.308 e. The Morgan fingerprint density at radius 1 is 1.15 bits per heavy atom. The van der Waals surface area contributed by atoms with Crippen LogP contribution in [0.2, 0.25) is 0 Å². The second kappa shape index (κ2) is 8.88. The van der Waals surface area contributed by atoms with Crippen molar-refractivity contribution >= 4 is 17.8 Å². The van der Waals surface area contributed by atoms with Gasteiger partial charge in [-0.05, 0) is 18.2 Å². The Balaban J connectivity index is 1.37. The molecule has 27 heavy (non-hydrogen) atoms. The number of hydrogen-bond acceptors (Lipinski definition) is 6. The molecule has 0 radical (unpaired) electrons. The van der Waals surface area contributed by atoms with E-state index in [1.807, 2.05) is 24.3 Å². The molecule has 1 unspecified atom stereocenters. The number of ether oxygens (including phenoxy) is 2. The quantitative estimate of drug-likeness (QED) is 0.715. The molecule has 0 bridgehead atoms. The zero-order valence-corrected chi connectivity index (χ0v) is 14.6. The summed E-state index contributed by atoms with van der Waals surface area (Å²) in [6.45, 7) is 0.231. The number of carbonyl (C=O) groups excluding carboxylic acids is 3. The molecule has 142 valence electrons. The van der Waals surface area contributed by atoms with Crippen LogP contribution in [0.1, 0.15) is 35.0 Å². The van der Waals surface area contributed by atoms with Gasteiger partial charge in [-0.1, -0.05) is 18.2 Å². The highest BCUT2D eigenvalue weighted by atomic mass is 16.5. The fourth-order valence-electron chi connectivity index (χ4n) is 2.72. The van der Waals surface area contributed by atoms with Crippen molar-refractivity contribution in [2.45, 2.75) is 18.9 Å². The molecule has 1 atom stereocenters. The van der Waals surface area contributed by atoms with Crippen molar-refractivity contribution < 1.29 is 28.3 Å². The second-order valence-corrected chi connectivity index (χ2v) is 5.94. The zero-order chi connectivity index (χ0) is 19.1. The van der Waals surface area contributed by atoms with Crippen molar-refractivity contribution in [3.05, 3.63) is 54.0 Å². The minimum Gasteiger partial charge on any atom is -0.493 e. The number of rotatable bonds is 7. The molecule has 1 aliphatic rings. The predicted octanol–water partition coefficient (Wildman–Crippen LogP) is 1.58. The highest BCUT2D eigenvalue weighted by molar-refractivity contribution is 5.91. The summed E-state index contributed by atoms with van der Waals surface area (Å²) in [7, 11) is 0. The van der Waals surface area contributed by atoms with Crippen molar-refractivity contribution in [3.63, 3.8) is 0 Å². The molecule has 0 fully saturated rings. The number of fused-ring (bicyclic) bond motifs is 1. The number of nitrogens with one attached hydrogen (secondary N) is 2. The predicted molar refractivity (Wildman–Crippen MR) is 94.1 cm³/mol. The van der Waals surface area contributed by atoms with Crippen LogP contribution < -0.4 is 15.4 Å². The average Bonchev–Trinajstić information content (AvgIpc) is 3.21. The van der Waals surface area contributed by atoms with Crippen LogP contribution in [0.4, 0.5) is 0 Å². The maximum absolute atomic E-state index is 12.1. The Kier molecular flexibility index (Phi) is 6.09. The minimum absolute atomic E-state index is 0.0418. The van der Waals surface area contributed by atoms with Crippen molar-refractivity contribution in [3.8, 4) is 5.75 Å². The highest BCUT2D eigenvalue weighted by Crippen LogP contribution is 2.31. The number of hydrogen-bond donors (Lipinski definition) is 2. The summed E-state index contributed by atoms with van der Waals surface area (Å²) in [5.74, 6) is -0.455. The van der Waals surface area contributed by atoms with Gasteiger partial charge < -0.3 is 24.5 Å². The van der Waals surface area contributed by atoms with Gasteiger partial charge in [0.1, 0.15) is 5.75 Å². The van der Waals surface area contributed by atoms with E-state index in [2.05, 4.69) is 10.6 Å². The van der Waals surface area contributed by atoms with Gasteiger partial charge in [0.05, 0.1) is 25.3 Å². The lowest BCUT2D eigenvalue weighted by Gasteiger charge is -2.26. The first-order chi connectivity index (χ1) is 13.1. The third-order valence-electron chi connectivity index (χ3n) is 4.02. The normalized spacial score (nSPS) is 15.2. The van der Waals surface area contributed by atoms with Gasteiger partial charge >= 0.3 is 5.97 Å². The molecule has 2 aromatic rings. The van der Waals surface area contributed by atoms with E-state index in [0.29, 0.717) is 13.0 Å². The molecule has 1 aromatic heterocycles. The third-order valence-corrected chi connectivity index (χ3v) is 4.02. The third kappa shape index (κ3) is 5.10. The first-order valence-electron chi connectivity index (χ1n) is 8.62. The monoisotopic (exact) mass is 372 g/mol. The van der Waals surface area contributed by atoms with Gasteiger partial charge in [0.25, 0.3) is 11.8 Å². The molecule has 0 saturated carbocycles. The fourth-order valence-corrected chi connectivity index (χ4v) is 2.72. The van der Waals surface area contributed by atoms with Crippen LogP contribution >= 0.6 is 0 Å². The SMILES string of the molecule is O=C(COC(=O)CCNC(=O)c1ccco1)NC1CCOc2ccccc21. The average molecular weight is 372 g/mol. The largest absolute Gasteiger partial charge is 0.493 e. The Bertz CT molecular complexity index is 802. The van der Waals surface area contributed by atoms with Crippen LogP contribution in [0.3, 0.4) is 0 Å². The van der Waals surface area contributed by atoms with E-state index in [4.69, 9.17) is 13.9 Å². The molecule has 0 aliphatic carbocycles. The Morgan fingerprint density at radius 3 is 2.81 bits per heavy atom. The summed E-state index contributed by atoms with van der Waals surface area (Å²) >= 11 is 0. The number of para-hydroxylation sites is 1. The molecular formula is C19H20N2O6. The van der Waals surface area contributed by atoms with Crippen LogP contribution in [0, 0.1) is 0 Å². The number of benzene rings is 1. The number of carbonyl (C=O) groups is 3. The summed E-state index contributed by atoms with van der Waals surface area (Å²) in [4.78, 5) is 35.4. The minimum atomic E-state index is -0.572. The summed E-state index contributed by atoms with van der Waals surface area (Å²) in [5, 5.41) is 5.38. The van der Waals surface area contributed by atoms with Crippen molar-refractivity contribution in [1.29, 1.82) is 0 Å². The number of esters is 1. The maximum atomic E-state index is 12.1. The van der Waals surface area contributed by atoms with Crippen molar-refractivity contribution in [2.24, 2.45) is 0 Å². The summed E-state index contributed by atoms with van der Waals surface area (Å²) in [6.07, 6.45) is 1.99. The smallest absolute Gasteiger partial charge is 0.308 e. The van der Waals surface area contributed by atoms with Crippen molar-refractivity contribution in [1.82, 2.24) is 10.6 Å². The molecule has 3 rings (SSSR count). The van der Waals surface area contributed by atoms with Gasteiger partial charge in [0, 0.05) is 18.5 Å². The van der Waals surface area contributed by atoms with Crippen LogP contribution in [-0.2, 0) is 14.3 Å². The molecule has 2 N–H and O–H groups in total. The molecule has 2 heterocycles. The molecule has 1 aliphatic heterocycles. The first-order valence-corrected chi connectivity index (χ1v) is 8.62. The molecule has 1 aromatic carbocycles. The van der Waals surface area contributed by atoms with Crippen LogP contribution in [0.25, 0.3) is 0 Å². The van der Waals surface area contributed by atoms with Crippen molar-refractivity contribution in [2.75, 3.05) is 19.8 Å². The Labute approximate surface area is 155 Å². The van der Waals surface area contributed by atoms with Gasteiger partial charge in [-0.2, -0.15) is 0 Å². The molecular weight excluding hydrogens is 352 g/mol. The lowest BCUT2D eigenvalue weighted by molar-refractivity contribution is -0.148.